The SMILES string of the molecule is CC(C)(C)OC(=O)CC(NCc1ccccc1)C12C3C4C5C3C1C5C42. The Morgan fingerprint density at radius 2 is 1.68 bits per heavy atom. The standard InChI is InChI=1S/C22H27NO2/c1-21(2,3)25-13(24)9-12(23-10-11-7-5-4-6-8-11)22-18-15-14-16(18)20(22)17(14)19(15)22/h4-8,12,14-20,23H,9-10H2,1-3H3. The Bertz CT molecular complexity index is 698. The first-order valence-electron chi connectivity index (χ1n) is 9.94. The molecule has 6 aliphatic rings. The van der Waals surface area contributed by atoms with Gasteiger partial charge in [-0.25, -0.2) is 0 Å². The van der Waals surface area contributed by atoms with Crippen molar-refractivity contribution in [1.82, 2.24) is 5.32 Å². The molecule has 6 fully saturated rings. The molecule has 6 aliphatic carbocycles. The van der Waals surface area contributed by atoms with E-state index in [0.717, 1.165) is 48.0 Å². The molecule has 1 N–H and O–H groups in total. The molecule has 3 nitrogen and oxygen atoms in total. The quantitative estimate of drug-likeness (QED) is 0.810. The average molecular weight is 337 g/mol. The summed E-state index contributed by atoms with van der Waals surface area (Å²) in [6, 6.07) is 10.9. The Labute approximate surface area is 149 Å². The number of hydrogen-bond acceptors (Lipinski definition) is 3. The molecule has 6 saturated carbocycles. The van der Waals surface area contributed by atoms with Crippen LogP contribution in [0.3, 0.4) is 0 Å². The summed E-state index contributed by atoms with van der Waals surface area (Å²) in [5, 5.41) is 3.79. The van der Waals surface area contributed by atoms with E-state index in [1.807, 2.05) is 20.8 Å². The molecule has 0 heterocycles. The summed E-state index contributed by atoms with van der Waals surface area (Å²) in [6.45, 7) is 6.73. The number of benzene rings is 1. The summed E-state index contributed by atoms with van der Waals surface area (Å²) in [4.78, 5) is 12.6. The summed E-state index contributed by atoms with van der Waals surface area (Å²) in [5.41, 5.74) is 1.36. The zero-order valence-electron chi connectivity index (χ0n) is 15.2. The number of rotatable bonds is 6. The molecule has 0 saturated heterocycles. The van der Waals surface area contributed by atoms with Crippen molar-refractivity contribution in [3.05, 3.63) is 35.9 Å². The first-order valence-corrected chi connectivity index (χ1v) is 9.94. The van der Waals surface area contributed by atoms with Gasteiger partial charge in [0.2, 0.25) is 0 Å². The van der Waals surface area contributed by atoms with Crippen molar-refractivity contribution in [3.63, 3.8) is 0 Å². The average Bonchev–Trinajstić information content (AvgIpc) is 2.58. The number of hydrogen-bond donors (Lipinski definition) is 1. The van der Waals surface area contributed by atoms with Crippen LogP contribution in [0.15, 0.2) is 30.3 Å². The van der Waals surface area contributed by atoms with Crippen LogP contribution in [0.4, 0.5) is 0 Å². The zero-order chi connectivity index (χ0) is 17.1. The number of esters is 1. The van der Waals surface area contributed by atoms with Gasteiger partial charge in [0.25, 0.3) is 0 Å². The maximum atomic E-state index is 12.6. The van der Waals surface area contributed by atoms with Gasteiger partial charge in [-0.2, -0.15) is 0 Å². The second kappa shape index (κ2) is 4.31. The third-order valence-corrected chi connectivity index (χ3v) is 8.34. The van der Waals surface area contributed by atoms with Gasteiger partial charge in [-0.05, 0) is 73.2 Å². The lowest BCUT2D eigenvalue weighted by Crippen LogP contribution is -3.07. The highest BCUT2D eigenvalue weighted by molar-refractivity contribution is 5.71. The van der Waals surface area contributed by atoms with Crippen molar-refractivity contribution in [3.8, 4) is 0 Å². The van der Waals surface area contributed by atoms with Crippen LogP contribution in [-0.2, 0) is 16.1 Å². The molecule has 0 aromatic heterocycles. The van der Waals surface area contributed by atoms with Crippen LogP contribution in [0.25, 0.3) is 0 Å². The minimum Gasteiger partial charge on any atom is -0.460 e. The maximum Gasteiger partial charge on any atom is 0.307 e. The van der Waals surface area contributed by atoms with Crippen molar-refractivity contribution in [1.29, 1.82) is 0 Å². The fourth-order valence-corrected chi connectivity index (χ4v) is 8.03. The van der Waals surface area contributed by atoms with Crippen LogP contribution in [0.1, 0.15) is 32.8 Å². The second-order valence-corrected chi connectivity index (χ2v) is 10.1. The Morgan fingerprint density at radius 1 is 1.08 bits per heavy atom. The molecule has 0 amide bonds. The summed E-state index contributed by atoms with van der Waals surface area (Å²) >= 11 is 0. The summed E-state index contributed by atoms with van der Waals surface area (Å²) < 4.78 is 5.66. The van der Waals surface area contributed by atoms with Crippen molar-refractivity contribution in [2.45, 2.75) is 45.4 Å². The predicted octanol–water partition coefficient (Wildman–Crippen LogP) is 3.24. The summed E-state index contributed by atoms with van der Waals surface area (Å²) in [5.74, 6) is 7.01. The lowest BCUT2D eigenvalue weighted by molar-refractivity contribution is -0.619. The minimum absolute atomic E-state index is 0.0354. The van der Waals surface area contributed by atoms with Gasteiger partial charge in [-0.15, -0.1) is 0 Å². The normalized spacial score (nSPS) is 47.2. The van der Waals surface area contributed by atoms with Crippen molar-refractivity contribution < 1.29 is 9.53 Å². The Hall–Kier alpha value is -1.35. The van der Waals surface area contributed by atoms with E-state index >= 15 is 0 Å². The van der Waals surface area contributed by atoms with E-state index in [-0.39, 0.29) is 5.97 Å². The lowest BCUT2D eigenvalue weighted by atomic mass is 8.96. The number of nitrogens with one attached hydrogen (secondary N) is 1. The highest BCUT2D eigenvalue weighted by atomic mass is 16.6. The summed E-state index contributed by atoms with van der Waals surface area (Å²) in [6.07, 6.45) is 0.532. The molecule has 1 aromatic carbocycles. The highest BCUT2D eigenvalue weighted by Gasteiger charge is 3.04. The first-order chi connectivity index (χ1) is 11.9. The maximum absolute atomic E-state index is 12.6. The molecule has 0 radical (unpaired) electrons. The number of carbonyl (C=O) groups is 1. The number of carbonyl (C=O) groups excluding carboxylic acids is 1. The molecule has 1 unspecified atom stereocenters. The van der Waals surface area contributed by atoms with E-state index in [4.69, 9.17) is 4.74 Å². The molecule has 25 heavy (non-hydrogen) atoms. The fourth-order valence-electron chi connectivity index (χ4n) is 8.03. The molecular weight excluding hydrogens is 310 g/mol. The van der Waals surface area contributed by atoms with Gasteiger partial charge in [0, 0.05) is 12.6 Å². The lowest BCUT2D eigenvalue weighted by Gasteiger charge is -3.08. The van der Waals surface area contributed by atoms with Crippen molar-refractivity contribution in [2.24, 2.45) is 46.8 Å². The summed E-state index contributed by atoms with van der Waals surface area (Å²) in [7, 11) is 0. The Balaban J connectivity index is 1.20. The smallest absolute Gasteiger partial charge is 0.307 e. The van der Waals surface area contributed by atoms with Gasteiger partial charge in [-0.1, -0.05) is 30.3 Å². The monoisotopic (exact) mass is 337 g/mol. The second-order valence-electron chi connectivity index (χ2n) is 10.1. The van der Waals surface area contributed by atoms with Crippen LogP contribution in [0, 0.1) is 46.8 Å². The third-order valence-electron chi connectivity index (χ3n) is 8.34. The van der Waals surface area contributed by atoms with E-state index in [1.54, 1.807) is 0 Å². The van der Waals surface area contributed by atoms with Gasteiger partial charge in [0.15, 0.2) is 0 Å². The molecule has 7 rings (SSSR count). The van der Waals surface area contributed by atoms with Gasteiger partial charge >= 0.3 is 5.97 Å². The van der Waals surface area contributed by atoms with E-state index in [1.165, 1.54) is 5.56 Å². The van der Waals surface area contributed by atoms with Crippen LogP contribution in [-0.4, -0.2) is 17.6 Å². The van der Waals surface area contributed by atoms with Crippen molar-refractivity contribution in [2.75, 3.05) is 0 Å². The predicted molar refractivity (Wildman–Crippen MR) is 94.4 cm³/mol. The van der Waals surface area contributed by atoms with Gasteiger partial charge in [0.1, 0.15) is 5.60 Å². The van der Waals surface area contributed by atoms with Gasteiger partial charge < -0.3 is 10.1 Å². The topological polar surface area (TPSA) is 38.3 Å². The molecule has 0 aliphatic heterocycles. The Morgan fingerprint density at radius 3 is 2.24 bits per heavy atom. The van der Waals surface area contributed by atoms with Crippen LogP contribution in [0.5, 0.6) is 0 Å². The zero-order valence-corrected chi connectivity index (χ0v) is 15.2. The number of ether oxygens (including phenoxy) is 1. The van der Waals surface area contributed by atoms with Crippen LogP contribution >= 0.6 is 0 Å². The molecule has 1 aromatic rings. The molecule has 0 spiro atoms. The van der Waals surface area contributed by atoms with E-state index in [9.17, 15) is 4.79 Å². The molecule has 1 atom stereocenters. The van der Waals surface area contributed by atoms with Gasteiger partial charge in [0.05, 0.1) is 6.42 Å². The molecule has 3 heteroatoms. The molecule has 132 valence electrons. The van der Waals surface area contributed by atoms with E-state index in [2.05, 4.69) is 35.6 Å². The van der Waals surface area contributed by atoms with E-state index in [0.29, 0.717) is 17.9 Å². The minimum atomic E-state index is -0.396. The van der Waals surface area contributed by atoms with E-state index < -0.39 is 5.60 Å². The fraction of sp³-hybridized carbons (Fsp3) is 0.682. The highest BCUT2D eigenvalue weighted by Crippen LogP contribution is 3.06. The first kappa shape index (κ1) is 14.8. The largest absolute Gasteiger partial charge is 0.460 e. The molecular formula is C22H27NO2. The van der Waals surface area contributed by atoms with Crippen LogP contribution < -0.4 is 5.32 Å². The van der Waals surface area contributed by atoms with Crippen molar-refractivity contribution >= 4 is 5.97 Å². The molecule has 0 bridgehead atoms. The van der Waals surface area contributed by atoms with Gasteiger partial charge in [-0.3, -0.25) is 4.79 Å². The van der Waals surface area contributed by atoms with Crippen LogP contribution in [0.2, 0.25) is 0 Å². The Kier molecular flexibility index (Phi) is 2.55. The third kappa shape index (κ3) is 1.48.